The minimum Gasteiger partial charge on any atom is -0.378 e. The lowest BCUT2D eigenvalue weighted by Crippen LogP contribution is -2.29. The van der Waals surface area contributed by atoms with Gasteiger partial charge in [0.2, 0.25) is 0 Å². The fourth-order valence-corrected chi connectivity index (χ4v) is 1.75. The monoisotopic (exact) mass is 185 g/mol. The molecule has 0 aromatic rings. The van der Waals surface area contributed by atoms with Crippen LogP contribution in [0.4, 0.5) is 0 Å². The second-order valence-corrected chi connectivity index (χ2v) is 4.47. The van der Waals surface area contributed by atoms with Crippen molar-refractivity contribution in [1.29, 1.82) is 0 Å². The van der Waals surface area contributed by atoms with Crippen LogP contribution in [0.25, 0.3) is 0 Å². The summed E-state index contributed by atoms with van der Waals surface area (Å²) in [7, 11) is 0. The molecule has 0 aliphatic carbocycles. The summed E-state index contributed by atoms with van der Waals surface area (Å²) in [6.45, 7) is 5.33. The minimum absolute atomic E-state index is 0.352. The Hall–Kier alpha value is -0.0800. The second kappa shape index (κ2) is 5.61. The van der Waals surface area contributed by atoms with Crippen molar-refractivity contribution in [3.63, 3.8) is 0 Å². The summed E-state index contributed by atoms with van der Waals surface area (Å²) >= 11 is 0. The van der Waals surface area contributed by atoms with Crippen LogP contribution >= 0.6 is 0 Å². The highest BCUT2D eigenvalue weighted by atomic mass is 16.5. The van der Waals surface area contributed by atoms with E-state index >= 15 is 0 Å². The highest BCUT2D eigenvalue weighted by Gasteiger charge is 2.16. The van der Waals surface area contributed by atoms with E-state index in [9.17, 15) is 0 Å². The van der Waals surface area contributed by atoms with Crippen molar-refractivity contribution in [3.05, 3.63) is 0 Å². The summed E-state index contributed by atoms with van der Waals surface area (Å²) in [4.78, 5) is 0. The van der Waals surface area contributed by atoms with E-state index in [2.05, 4.69) is 13.8 Å². The second-order valence-electron chi connectivity index (χ2n) is 4.47. The van der Waals surface area contributed by atoms with E-state index in [1.807, 2.05) is 0 Å². The smallest absolute Gasteiger partial charge is 0.0575 e. The molecule has 1 fully saturated rings. The fourth-order valence-electron chi connectivity index (χ4n) is 1.75. The van der Waals surface area contributed by atoms with Crippen LogP contribution in [0, 0.1) is 5.92 Å². The van der Waals surface area contributed by atoms with Crippen molar-refractivity contribution >= 4 is 0 Å². The van der Waals surface area contributed by atoms with E-state index in [0.29, 0.717) is 18.1 Å². The van der Waals surface area contributed by atoms with Crippen molar-refractivity contribution < 1.29 is 4.74 Å². The van der Waals surface area contributed by atoms with Gasteiger partial charge in [-0.3, -0.25) is 0 Å². The van der Waals surface area contributed by atoms with E-state index in [4.69, 9.17) is 10.5 Å². The molecule has 1 heterocycles. The summed E-state index contributed by atoms with van der Waals surface area (Å²) in [6.07, 6.45) is 6.58. The van der Waals surface area contributed by atoms with Crippen LogP contribution in [0.1, 0.15) is 46.0 Å². The Morgan fingerprint density at radius 1 is 1.38 bits per heavy atom. The third kappa shape index (κ3) is 4.10. The van der Waals surface area contributed by atoms with Gasteiger partial charge in [-0.05, 0) is 38.0 Å². The Bertz CT molecular complexity index is 130. The Balaban J connectivity index is 2.10. The standard InChI is InChI=1S/C11H23NO/c1-9(2)11(12)7-6-10-5-3-4-8-13-10/h9-11H,3-8,12H2,1-2H3. The van der Waals surface area contributed by atoms with Crippen molar-refractivity contribution in [2.75, 3.05) is 6.61 Å². The minimum atomic E-state index is 0.352. The first kappa shape index (κ1) is 11.0. The van der Waals surface area contributed by atoms with E-state index < -0.39 is 0 Å². The van der Waals surface area contributed by atoms with Crippen molar-refractivity contribution in [2.45, 2.75) is 58.1 Å². The summed E-state index contributed by atoms with van der Waals surface area (Å²) in [6, 6.07) is 0.352. The van der Waals surface area contributed by atoms with Crippen LogP contribution in [-0.2, 0) is 4.74 Å². The number of nitrogens with two attached hydrogens (primary N) is 1. The van der Waals surface area contributed by atoms with Crippen LogP contribution in [0.15, 0.2) is 0 Å². The predicted molar refractivity (Wildman–Crippen MR) is 55.6 cm³/mol. The maximum atomic E-state index is 5.98. The van der Waals surface area contributed by atoms with Gasteiger partial charge in [0.05, 0.1) is 6.10 Å². The Kier molecular flexibility index (Phi) is 4.74. The van der Waals surface area contributed by atoms with Crippen molar-refractivity contribution in [1.82, 2.24) is 0 Å². The van der Waals surface area contributed by atoms with Gasteiger partial charge in [-0.15, -0.1) is 0 Å². The molecule has 2 nitrogen and oxygen atoms in total. The summed E-state index contributed by atoms with van der Waals surface area (Å²) in [5.41, 5.74) is 5.98. The third-order valence-corrected chi connectivity index (χ3v) is 2.95. The van der Waals surface area contributed by atoms with Gasteiger partial charge in [0.15, 0.2) is 0 Å². The molecular formula is C11H23NO. The average molecular weight is 185 g/mol. The van der Waals surface area contributed by atoms with Gasteiger partial charge in [0.25, 0.3) is 0 Å². The highest BCUT2D eigenvalue weighted by Crippen LogP contribution is 2.18. The van der Waals surface area contributed by atoms with Crippen molar-refractivity contribution in [3.8, 4) is 0 Å². The van der Waals surface area contributed by atoms with Gasteiger partial charge in [-0.2, -0.15) is 0 Å². The molecule has 2 unspecified atom stereocenters. The lowest BCUT2D eigenvalue weighted by Gasteiger charge is -2.24. The van der Waals surface area contributed by atoms with Crippen LogP contribution in [0.5, 0.6) is 0 Å². The molecule has 1 aliphatic rings. The predicted octanol–water partition coefficient (Wildman–Crippen LogP) is 2.32. The van der Waals surface area contributed by atoms with Crippen LogP contribution in [-0.4, -0.2) is 18.8 Å². The first-order chi connectivity index (χ1) is 6.20. The van der Waals surface area contributed by atoms with E-state index in [1.165, 1.54) is 19.3 Å². The van der Waals surface area contributed by atoms with Crippen molar-refractivity contribution in [2.24, 2.45) is 11.7 Å². The maximum Gasteiger partial charge on any atom is 0.0575 e. The first-order valence-electron chi connectivity index (χ1n) is 5.57. The van der Waals surface area contributed by atoms with E-state index in [0.717, 1.165) is 19.4 Å². The number of rotatable bonds is 4. The molecule has 0 bridgehead atoms. The maximum absolute atomic E-state index is 5.98. The van der Waals surface area contributed by atoms with Gasteiger partial charge >= 0.3 is 0 Å². The number of hydrogen-bond donors (Lipinski definition) is 1. The molecule has 78 valence electrons. The molecule has 0 aromatic heterocycles. The third-order valence-electron chi connectivity index (χ3n) is 2.95. The Labute approximate surface area is 81.8 Å². The van der Waals surface area contributed by atoms with Gasteiger partial charge in [-0.1, -0.05) is 13.8 Å². The molecule has 1 saturated heterocycles. The zero-order valence-corrected chi connectivity index (χ0v) is 8.96. The van der Waals surface area contributed by atoms with Gasteiger partial charge < -0.3 is 10.5 Å². The first-order valence-corrected chi connectivity index (χ1v) is 5.57. The van der Waals surface area contributed by atoms with Crippen LogP contribution < -0.4 is 5.73 Å². The average Bonchev–Trinajstić information content (AvgIpc) is 2.15. The van der Waals surface area contributed by atoms with Crippen LogP contribution in [0.2, 0.25) is 0 Å². The topological polar surface area (TPSA) is 35.2 Å². The molecular weight excluding hydrogens is 162 g/mol. The van der Waals surface area contributed by atoms with Gasteiger partial charge in [0.1, 0.15) is 0 Å². The SMILES string of the molecule is CC(C)C(N)CCC1CCCCO1. The molecule has 2 N–H and O–H groups in total. The lowest BCUT2D eigenvalue weighted by atomic mass is 9.96. The Morgan fingerprint density at radius 3 is 2.69 bits per heavy atom. The molecule has 0 aromatic carbocycles. The molecule has 0 radical (unpaired) electrons. The molecule has 1 rings (SSSR count). The summed E-state index contributed by atoms with van der Waals surface area (Å²) < 4.78 is 5.65. The van der Waals surface area contributed by atoms with Crippen LogP contribution in [0.3, 0.4) is 0 Å². The number of hydrogen-bond acceptors (Lipinski definition) is 2. The van der Waals surface area contributed by atoms with E-state index in [1.54, 1.807) is 0 Å². The molecule has 2 heteroatoms. The normalized spacial score (nSPS) is 26.3. The zero-order chi connectivity index (χ0) is 9.68. The molecule has 1 aliphatic heterocycles. The molecule has 0 spiro atoms. The molecule has 0 saturated carbocycles. The molecule has 0 amide bonds. The fraction of sp³-hybridized carbons (Fsp3) is 1.00. The van der Waals surface area contributed by atoms with E-state index in [-0.39, 0.29) is 0 Å². The molecule has 13 heavy (non-hydrogen) atoms. The quantitative estimate of drug-likeness (QED) is 0.729. The van der Waals surface area contributed by atoms with Gasteiger partial charge in [0, 0.05) is 12.6 Å². The largest absolute Gasteiger partial charge is 0.378 e. The summed E-state index contributed by atoms with van der Waals surface area (Å²) in [5, 5.41) is 0. The lowest BCUT2D eigenvalue weighted by molar-refractivity contribution is 0.00852. The zero-order valence-electron chi connectivity index (χ0n) is 8.96. The summed E-state index contributed by atoms with van der Waals surface area (Å²) in [5.74, 6) is 0.601. The highest BCUT2D eigenvalue weighted by molar-refractivity contribution is 4.70. The molecule has 2 atom stereocenters. The number of ether oxygens (including phenoxy) is 1. The Morgan fingerprint density at radius 2 is 2.15 bits per heavy atom. The van der Waals surface area contributed by atoms with Gasteiger partial charge in [-0.25, -0.2) is 0 Å².